The van der Waals surface area contributed by atoms with Crippen molar-refractivity contribution in [1.29, 1.82) is 0 Å². The van der Waals surface area contributed by atoms with Gasteiger partial charge in [0.05, 0.1) is 42.8 Å². The lowest BCUT2D eigenvalue weighted by Gasteiger charge is -2.31. The molecule has 272 valence electrons. The van der Waals surface area contributed by atoms with Gasteiger partial charge in [-0.15, -0.1) is 0 Å². The maximum atomic E-state index is 13.9. The molecule has 0 saturated carbocycles. The number of benzene rings is 2. The summed E-state index contributed by atoms with van der Waals surface area (Å²) in [5, 5.41) is 14.3. The first kappa shape index (κ1) is 37.0. The molecule has 2 aromatic carbocycles. The minimum Gasteiger partial charge on any atom is -0.494 e. The number of aliphatic hydroxyl groups is 1. The number of aliphatic hydroxyl groups excluding tert-OH is 1. The Morgan fingerprint density at radius 2 is 1.78 bits per heavy atom. The zero-order chi connectivity index (χ0) is 35.2. The minimum absolute atomic E-state index is 0.0334. The molecule has 0 radical (unpaired) electrons. The standard InChI is InChI=1S/C33H43F3N2O10S/c1-21(2)18-38(49(41,42)24-8-9-28-29(17-24)45-15-14-44-28)19-27(39)26(37-32(40)48-30-20-47-31-25(30)10-13-46-31)16-22-4-6-23(7-5-22)43-12-3-11-33(34,35)36/h4-9,17,21,25-27,30-31,39H,3,10-16,18-20H2,1-2H3,(H,37,40)/t25-,26-,27+,30+,31+/m0/s1. The normalized spacial score (nSPS) is 21.8. The third-order valence-electron chi connectivity index (χ3n) is 8.37. The van der Waals surface area contributed by atoms with E-state index >= 15 is 0 Å². The first-order chi connectivity index (χ1) is 23.3. The lowest BCUT2D eigenvalue weighted by Crippen LogP contribution is -2.51. The minimum atomic E-state index is -4.26. The van der Waals surface area contributed by atoms with E-state index in [1.807, 2.05) is 13.8 Å². The smallest absolute Gasteiger partial charge is 0.407 e. The fourth-order valence-electron chi connectivity index (χ4n) is 5.94. The van der Waals surface area contributed by atoms with Crippen molar-refractivity contribution < 1.29 is 59.9 Å². The van der Waals surface area contributed by atoms with Crippen molar-refractivity contribution in [3.63, 3.8) is 0 Å². The van der Waals surface area contributed by atoms with Crippen LogP contribution in [0.3, 0.4) is 0 Å². The fourth-order valence-corrected chi connectivity index (χ4v) is 7.58. The molecular weight excluding hydrogens is 673 g/mol. The Kier molecular flexibility index (Phi) is 12.2. The van der Waals surface area contributed by atoms with Crippen LogP contribution in [0.4, 0.5) is 18.0 Å². The predicted molar refractivity (Wildman–Crippen MR) is 169 cm³/mol. The quantitative estimate of drug-likeness (QED) is 0.257. The molecule has 0 aliphatic carbocycles. The molecule has 3 aliphatic rings. The molecule has 2 aromatic rings. The van der Waals surface area contributed by atoms with Crippen LogP contribution in [-0.4, -0.2) is 101 Å². The van der Waals surface area contributed by atoms with Crippen molar-refractivity contribution in [2.24, 2.45) is 11.8 Å². The number of ether oxygens (including phenoxy) is 6. The third-order valence-corrected chi connectivity index (χ3v) is 10.2. The number of amides is 1. The Morgan fingerprint density at radius 3 is 2.49 bits per heavy atom. The lowest BCUT2D eigenvalue weighted by atomic mass is 10.0. The van der Waals surface area contributed by atoms with E-state index in [1.165, 1.54) is 22.5 Å². The Hall–Kier alpha value is -3.31. The molecule has 2 saturated heterocycles. The second kappa shape index (κ2) is 16.1. The zero-order valence-corrected chi connectivity index (χ0v) is 28.2. The predicted octanol–water partition coefficient (Wildman–Crippen LogP) is 4.29. The molecule has 0 aromatic heterocycles. The van der Waals surface area contributed by atoms with Crippen molar-refractivity contribution >= 4 is 16.1 Å². The van der Waals surface area contributed by atoms with Crippen LogP contribution < -0.4 is 19.5 Å². The number of alkyl carbamates (subject to hydrolysis) is 1. The summed E-state index contributed by atoms with van der Waals surface area (Å²) in [6, 6.07) is 9.83. The molecule has 0 unspecified atom stereocenters. The van der Waals surface area contributed by atoms with E-state index in [0.29, 0.717) is 42.4 Å². The number of fused-ring (bicyclic) bond motifs is 2. The number of hydrogen-bond donors (Lipinski definition) is 2. The molecule has 5 rings (SSSR count). The van der Waals surface area contributed by atoms with Crippen LogP contribution >= 0.6 is 0 Å². The van der Waals surface area contributed by atoms with Crippen molar-refractivity contribution in [3.8, 4) is 17.2 Å². The highest BCUT2D eigenvalue weighted by Crippen LogP contribution is 2.34. The summed E-state index contributed by atoms with van der Waals surface area (Å²) in [5.74, 6) is 0.875. The largest absolute Gasteiger partial charge is 0.494 e. The van der Waals surface area contributed by atoms with Gasteiger partial charge in [-0.05, 0) is 55.0 Å². The molecule has 49 heavy (non-hydrogen) atoms. The summed E-state index contributed by atoms with van der Waals surface area (Å²) >= 11 is 0. The van der Waals surface area contributed by atoms with E-state index in [2.05, 4.69) is 5.32 Å². The second-order valence-electron chi connectivity index (χ2n) is 12.7. The lowest BCUT2D eigenvalue weighted by molar-refractivity contribution is -0.136. The first-order valence-corrected chi connectivity index (χ1v) is 17.8. The number of nitrogens with zero attached hydrogens (tertiary/aromatic N) is 1. The molecule has 2 fully saturated rings. The fraction of sp³-hybridized carbons (Fsp3) is 0.606. The monoisotopic (exact) mass is 716 g/mol. The van der Waals surface area contributed by atoms with Gasteiger partial charge in [-0.1, -0.05) is 26.0 Å². The maximum absolute atomic E-state index is 13.9. The molecule has 3 heterocycles. The van der Waals surface area contributed by atoms with Crippen LogP contribution in [0.2, 0.25) is 0 Å². The molecule has 2 N–H and O–H groups in total. The van der Waals surface area contributed by atoms with Gasteiger partial charge in [0.15, 0.2) is 17.8 Å². The van der Waals surface area contributed by atoms with Gasteiger partial charge < -0.3 is 38.8 Å². The van der Waals surface area contributed by atoms with Crippen molar-refractivity contribution in [2.45, 2.75) is 75.1 Å². The topological polar surface area (TPSA) is 142 Å². The summed E-state index contributed by atoms with van der Waals surface area (Å²) in [4.78, 5) is 13.2. The third kappa shape index (κ3) is 10.1. The summed E-state index contributed by atoms with van der Waals surface area (Å²) in [5.41, 5.74) is 0.644. The summed E-state index contributed by atoms with van der Waals surface area (Å²) in [6.45, 7) is 4.59. The SMILES string of the molecule is CC(C)CN(C[C@@H](O)[C@H](Cc1ccc(OCCCC(F)(F)F)cc1)NC(=O)O[C@@H]1CO[C@H]2OCC[C@H]21)S(=O)(=O)c1ccc2c(c1)OCCO2. The van der Waals surface area contributed by atoms with Crippen molar-refractivity contribution in [1.82, 2.24) is 9.62 Å². The molecule has 12 nitrogen and oxygen atoms in total. The number of nitrogens with one attached hydrogen (secondary N) is 1. The van der Waals surface area contributed by atoms with E-state index in [-0.39, 0.29) is 62.5 Å². The molecule has 0 spiro atoms. The van der Waals surface area contributed by atoms with Crippen molar-refractivity contribution in [2.75, 3.05) is 46.1 Å². The number of hydrogen-bond acceptors (Lipinski definition) is 10. The Labute approximate surface area is 283 Å². The number of carbonyl (C=O) groups excluding carboxylic acids is 1. The molecule has 0 bridgehead atoms. The van der Waals surface area contributed by atoms with Crippen LogP contribution in [-0.2, 0) is 30.7 Å². The first-order valence-electron chi connectivity index (χ1n) is 16.3. The Morgan fingerprint density at radius 1 is 1.04 bits per heavy atom. The van der Waals surface area contributed by atoms with Crippen molar-refractivity contribution in [3.05, 3.63) is 48.0 Å². The molecular formula is C33H43F3N2O10S. The van der Waals surface area contributed by atoms with Gasteiger partial charge in [0.2, 0.25) is 10.0 Å². The van der Waals surface area contributed by atoms with Gasteiger partial charge in [0, 0.05) is 25.6 Å². The van der Waals surface area contributed by atoms with E-state index < -0.39 is 53.3 Å². The number of halogens is 3. The highest BCUT2D eigenvalue weighted by Gasteiger charge is 2.44. The molecule has 5 atom stereocenters. The number of carbonyl (C=O) groups is 1. The molecule has 16 heteroatoms. The number of sulfonamides is 1. The van der Waals surface area contributed by atoms with Gasteiger partial charge in [-0.25, -0.2) is 13.2 Å². The van der Waals surface area contributed by atoms with Crippen LogP contribution in [0.15, 0.2) is 47.4 Å². The number of alkyl halides is 3. The van der Waals surface area contributed by atoms with Gasteiger partial charge >= 0.3 is 12.3 Å². The average Bonchev–Trinajstić information content (AvgIpc) is 3.67. The van der Waals surface area contributed by atoms with E-state index in [0.717, 1.165) is 0 Å². The summed E-state index contributed by atoms with van der Waals surface area (Å²) in [6.07, 6.45) is -7.85. The zero-order valence-electron chi connectivity index (χ0n) is 27.4. The second-order valence-corrected chi connectivity index (χ2v) is 14.7. The highest BCUT2D eigenvalue weighted by molar-refractivity contribution is 7.89. The Balaban J connectivity index is 1.31. The van der Waals surface area contributed by atoms with E-state index in [4.69, 9.17) is 28.4 Å². The van der Waals surface area contributed by atoms with Crippen LogP contribution in [0, 0.1) is 11.8 Å². The van der Waals surface area contributed by atoms with Crippen LogP contribution in [0.5, 0.6) is 17.2 Å². The summed E-state index contributed by atoms with van der Waals surface area (Å²) < 4.78 is 99.7. The molecule has 1 amide bonds. The van der Waals surface area contributed by atoms with Gasteiger partial charge in [0.1, 0.15) is 25.1 Å². The van der Waals surface area contributed by atoms with Gasteiger partial charge in [-0.3, -0.25) is 0 Å². The van der Waals surface area contributed by atoms with Gasteiger partial charge in [0.25, 0.3) is 0 Å². The Bertz CT molecular complexity index is 1510. The van der Waals surface area contributed by atoms with Gasteiger partial charge in [-0.2, -0.15) is 17.5 Å². The average molecular weight is 717 g/mol. The number of rotatable bonds is 15. The maximum Gasteiger partial charge on any atom is 0.407 e. The van der Waals surface area contributed by atoms with E-state index in [1.54, 1.807) is 24.3 Å². The molecule has 3 aliphatic heterocycles. The highest BCUT2D eigenvalue weighted by atomic mass is 32.2. The van der Waals surface area contributed by atoms with Crippen LogP contribution in [0.25, 0.3) is 0 Å². The van der Waals surface area contributed by atoms with Crippen LogP contribution in [0.1, 0.15) is 38.7 Å². The summed E-state index contributed by atoms with van der Waals surface area (Å²) in [7, 11) is -4.14. The van der Waals surface area contributed by atoms with E-state index in [9.17, 15) is 31.5 Å².